The van der Waals surface area contributed by atoms with E-state index in [1.54, 1.807) is 12.5 Å². The average molecular weight is 352 g/mol. The van der Waals surface area contributed by atoms with Crippen LogP contribution in [0.4, 0.5) is 5.82 Å². The van der Waals surface area contributed by atoms with Crippen molar-refractivity contribution in [3.05, 3.63) is 35.2 Å². The van der Waals surface area contributed by atoms with Gasteiger partial charge in [-0.15, -0.1) is 0 Å². The highest BCUT2D eigenvalue weighted by atomic mass is 79.9. The van der Waals surface area contributed by atoms with Crippen LogP contribution in [-0.2, 0) is 11.8 Å². The molecule has 2 aromatic heterocycles. The summed E-state index contributed by atoms with van der Waals surface area (Å²) in [5.41, 5.74) is 0. The van der Waals surface area contributed by atoms with Crippen LogP contribution in [0.25, 0.3) is 0 Å². The van der Waals surface area contributed by atoms with Crippen molar-refractivity contribution < 1.29 is 4.74 Å². The Bertz CT molecular complexity index is 597. The highest BCUT2D eigenvalue weighted by Gasteiger charge is 2.29. The molecule has 1 unspecified atom stereocenters. The van der Waals surface area contributed by atoms with E-state index in [1.807, 2.05) is 19.4 Å². The van der Waals surface area contributed by atoms with Gasteiger partial charge in [0.2, 0.25) is 0 Å². The number of nitrogens with one attached hydrogen (secondary N) is 1. The summed E-state index contributed by atoms with van der Waals surface area (Å²) in [5, 5.41) is 3.52. The molecule has 0 radical (unpaired) electrons. The third kappa shape index (κ3) is 3.24. The second-order valence-electron chi connectivity index (χ2n) is 5.19. The fourth-order valence-corrected chi connectivity index (χ4v) is 3.02. The Balaban J connectivity index is 1.89. The van der Waals surface area contributed by atoms with Gasteiger partial charge in [-0.25, -0.2) is 15.0 Å². The van der Waals surface area contributed by atoms with Crippen LogP contribution >= 0.6 is 15.9 Å². The minimum absolute atomic E-state index is 0.111. The first-order chi connectivity index (χ1) is 10.3. The standard InChI is InChI=1S/C14H18BrN5O/c1-20-5-4-17-14(20)12(10-2-6-21-7-3-10)19-13-11(15)8-16-9-18-13/h4-5,8-10,12H,2-3,6-7H2,1H3,(H,16,18,19). The molecule has 112 valence electrons. The molecule has 0 aliphatic carbocycles. The molecule has 1 fully saturated rings. The summed E-state index contributed by atoms with van der Waals surface area (Å²) in [7, 11) is 2.02. The zero-order valence-corrected chi connectivity index (χ0v) is 13.5. The molecule has 1 aliphatic heterocycles. The average Bonchev–Trinajstić information content (AvgIpc) is 2.93. The van der Waals surface area contributed by atoms with Gasteiger partial charge >= 0.3 is 0 Å². The van der Waals surface area contributed by atoms with Gasteiger partial charge in [0.05, 0.1) is 10.5 Å². The third-order valence-corrected chi connectivity index (χ3v) is 4.41. The molecule has 0 spiro atoms. The van der Waals surface area contributed by atoms with Gasteiger partial charge < -0.3 is 14.6 Å². The normalized spacial score (nSPS) is 17.6. The topological polar surface area (TPSA) is 64.9 Å². The second kappa shape index (κ2) is 6.53. The van der Waals surface area contributed by atoms with Crippen molar-refractivity contribution in [2.24, 2.45) is 13.0 Å². The molecule has 7 heteroatoms. The van der Waals surface area contributed by atoms with E-state index in [0.29, 0.717) is 5.92 Å². The molecule has 2 aromatic rings. The van der Waals surface area contributed by atoms with Crippen LogP contribution in [0.5, 0.6) is 0 Å². The van der Waals surface area contributed by atoms with E-state index >= 15 is 0 Å². The molecule has 1 aliphatic rings. The predicted molar refractivity (Wildman–Crippen MR) is 82.8 cm³/mol. The number of rotatable bonds is 4. The smallest absolute Gasteiger partial charge is 0.144 e. The molecule has 3 heterocycles. The Morgan fingerprint density at radius 3 is 2.86 bits per heavy atom. The minimum atomic E-state index is 0.111. The van der Waals surface area contributed by atoms with Crippen molar-refractivity contribution >= 4 is 21.7 Å². The Labute approximate surface area is 132 Å². The lowest BCUT2D eigenvalue weighted by Crippen LogP contribution is -2.29. The number of halogens is 1. The Kier molecular flexibility index (Phi) is 4.50. The number of aromatic nitrogens is 4. The van der Waals surface area contributed by atoms with Gasteiger partial charge in [0.1, 0.15) is 18.0 Å². The number of anilines is 1. The first-order valence-corrected chi connectivity index (χ1v) is 7.82. The van der Waals surface area contributed by atoms with Crippen LogP contribution in [-0.4, -0.2) is 32.7 Å². The SMILES string of the molecule is Cn1ccnc1C(Nc1ncncc1Br)C1CCOCC1. The molecule has 21 heavy (non-hydrogen) atoms. The van der Waals surface area contributed by atoms with Gasteiger partial charge in [0, 0.05) is 38.9 Å². The van der Waals surface area contributed by atoms with E-state index in [2.05, 4.69) is 40.8 Å². The maximum absolute atomic E-state index is 5.48. The third-order valence-electron chi connectivity index (χ3n) is 3.83. The van der Waals surface area contributed by atoms with Gasteiger partial charge in [0.25, 0.3) is 0 Å². The van der Waals surface area contributed by atoms with E-state index < -0.39 is 0 Å². The lowest BCUT2D eigenvalue weighted by Gasteiger charge is -2.31. The van der Waals surface area contributed by atoms with Crippen molar-refractivity contribution in [1.29, 1.82) is 0 Å². The molecular formula is C14H18BrN5O. The largest absolute Gasteiger partial charge is 0.381 e. The van der Waals surface area contributed by atoms with Crippen molar-refractivity contribution in [2.75, 3.05) is 18.5 Å². The van der Waals surface area contributed by atoms with Gasteiger partial charge in [0.15, 0.2) is 0 Å². The predicted octanol–water partition coefficient (Wildman–Crippen LogP) is 2.55. The fraction of sp³-hybridized carbons (Fsp3) is 0.500. The van der Waals surface area contributed by atoms with Crippen LogP contribution in [0.3, 0.4) is 0 Å². The van der Waals surface area contributed by atoms with Crippen LogP contribution < -0.4 is 5.32 Å². The van der Waals surface area contributed by atoms with Crippen molar-refractivity contribution in [2.45, 2.75) is 18.9 Å². The molecule has 0 aromatic carbocycles. The number of hydrogen-bond donors (Lipinski definition) is 1. The lowest BCUT2D eigenvalue weighted by molar-refractivity contribution is 0.0594. The molecule has 0 bridgehead atoms. The Hall–Kier alpha value is -1.47. The quantitative estimate of drug-likeness (QED) is 0.916. The summed E-state index contributed by atoms with van der Waals surface area (Å²) in [6.07, 6.45) is 9.14. The first-order valence-electron chi connectivity index (χ1n) is 7.02. The number of hydrogen-bond acceptors (Lipinski definition) is 5. The van der Waals surface area contributed by atoms with E-state index in [1.165, 1.54) is 0 Å². The molecule has 1 N–H and O–H groups in total. The highest BCUT2D eigenvalue weighted by molar-refractivity contribution is 9.10. The van der Waals surface area contributed by atoms with Crippen LogP contribution in [0.1, 0.15) is 24.7 Å². The molecule has 3 rings (SSSR count). The van der Waals surface area contributed by atoms with Gasteiger partial charge in [-0.3, -0.25) is 0 Å². The van der Waals surface area contributed by atoms with Gasteiger partial charge in [-0.2, -0.15) is 0 Å². The molecule has 6 nitrogen and oxygen atoms in total. The Morgan fingerprint density at radius 2 is 2.19 bits per heavy atom. The fourth-order valence-electron chi connectivity index (χ4n) is 2.69. The molecule has 0 saturated carbocycles. The van der Waals surface area contributed by atoms with Crippen molar-refractivity contribution in [1.82, 2.24) is 19.5 Å². The minimum Gasteiger partial charge on any atom is -0.381 e. The van der Waals surface area contributed by atoms with E-state index in [-0.39, 0.29) is 6.04 Å². The first kappa shape index (κ1) is 14.5. The van der Waals surface area contributed by atoms with Crippen LogP contribution in [0, 0.1) is 5.92 Å². The lowest BCUT2D eigenvalue weighted by atomic mass is 9.91. The Morgan fingerprint density at radius 1 is 1.38 bits per heavy atom. The van der Waals surface area contributed by atoms with Crippen LogP contribution in [0.2, 0.25) is 0 Å². The van der Waals surface area contributed by atoms with E-state index in [9.17, 15) is 0 Å². The number of nitrogens with zero attached hydrogens (tertiary/aromatic N) is 4. The molecule has 1 saturated heterocycles. The summed E-state index contributed by atoms with van der Waals surface area (Å²) in [6.45, 7) is 1.61. The summed E-state index contributed by atoms with van der Waals surface area (Å²) in [5.74, 6) is 2.29. The van der Waals surface area contributed by atoms with E-state index in [4.69, 9.17) is 4.74 Å². The summed E-state index contributed by atoms with van der Waals surface area (Å²) in [6, 6.07) is 0.111. The summed E-state index contributed by atoms with van der Waals surface area (Å²) < 4.78 is 8.40. The second-order valence-corrected chi connectivity index (χ2v) is 6.04. The van der Waals surface area contributed by atoms with Gasteiger partial charge in [-0.05, 0) is 34.7 Å². The van der Waals surface area contributed by atoms with Crippen LogP contribution in [0.15, 0.2) is 29.4 Å². The zero-order chi connectivity index (χ0) is 14.7. The highest BCUT2D eigenvalue weighted by Crippen LogP contribution is 2.33. The molecular weight excluding hydrogens is 334 g/mol. The number of imidazole rings is 1. The monoisotopic (exact) mass is 351 g/mol. The van der Waals surface area contributed by atoms with Crippen molar-refractivity contribution in [3.8, 4) is 0 Å². The summed E-state index contributed by atoms with van der Waals surface area (Å²) in [4.78, 5) is 12.8. The van der Waals surface area contributed by atoms with E-state index in [0.717, 1.165) is 42.2 Å². The maximum Gasteiger partial charge on any atom is 0.144 e. The number of aryl methyl sites for hydroxylation is 1. The number of ether oxygens (including phenoxy) is 1. The zero-order valence-electron chi connectivity index (χ0n) is 11.9. The maximum atomic E-state index is 5.48. The van der Waals surface area contributed by atoms with Gasteiger partial charge in [-0.1, -0.05) is 0 Å². The summed E-state index contributed by atoms with van der Waals surface area (Å²) >= 11 is 3.49. The van der Waals surface area contributed by atoms with Crippen molar-refractivity contribution in [3.63, 3.8) is 0 Å². The molecule has 1 atom stereocenters. The molecule has 0 amide bonds.